The summed E-state index contributed by atoms with van der Waals surface area (Å²) in [5, 5.41) is 6.73. The summed E-state index contributed by atoms with van der Waals surface area (Å²) in [6.45, 7) is 2.07. The van der Waals surface area contributed by atoms with Gasteiger partial charge in [0.25, 0.3) is 5.91 Å². The molecule has 7 heteroatoms. The molecule has 0 N–H and O–H groups in total. The Labute approximate surface area is 200 Å². The van der Waals surface area contributed by atoms with Crippen LogP contribution in [0.4, 0.5) is 5.13 Å². The smallest absolute Gasteiger partial charge is 0.282 e. The molecular formula is C26H21N3O2S2. The van der Waals surface area contributed by atoms with E-state index in [-0.39, 0.29) is 5.91 Å². The number of benzene rings is 3. The maximum absolute atomic E-state index is 13.5. The first kappa shape index (κ1) is 21.4. The first-order valence-electron chi connectivity index (χ1n) is 10.4. The zero-order valence-electron chi connectivity index (χ0n) is 18.2. The predicted molar refractivity (Wildman–Crippen MR) is 137 cm³/mol. The fraction of sp³-hybridized carbons (Fsp3) is 0.115. The standard InChI is InChI=1S/C26H21N3O2S2/c1-17-7-13-20(14-8-17)32-16-23-21(15-18-9-11-19(31-2)12-10-18)25(30)29(28-23)26-27-22-5-3-4-6-24(22)33-26/h3-15H,16H2,1-2H3. The van der Waals surface area contributed by atoms with E-state index >= 15 is 0 Å². The van der Waals surface area contributed by atoms with Gasteiger partial charge in [-0.25, -0.2) is 4.98 Å². The van der Waals surface area contributed by atoms with Gasteiger partial charge in [0, 0.05) is 10.6 Å². The zero-order valence-corrected chi connectivity index (χ0v) is 19.8. The van der Waals surface area contributed by atoms with E-state index in [1.807, 2.05) is 54.6 Å². The third kappa shape index (κ3) is 4.55. The van der Waals surface area contributed by atoms with Crippen LogP contribution in [0.3, 0.4) is 0 Å². The number of hydrazone groups is 1. The molecular weight excluding hydrogens is 450 g/mol. The molecule has 5 nitrogen and oxygen atoms in total. The van der Waals surface area contributed by atoms with E-state index in [0.29, 0.717) is 16.5 Å². The van der Waals surface area contributed by atoms with E-state index in [4.69, 9.17) is 9.84 Å². The predicted octanol–water partition coefficient (Wildman–Crippen LogP) is 6.19. The highest BCUT2D eigenvalue weighted by molar-refractivity contribution is 8.00. The summed E-state index contributed by atoms with van der Waals surface area (Å²) in [5.41, 5.74) is 4.32. The number of hydrogen-bond acceptors (Lipinski definition) is 6. The van der Waals surface area contributed by atoms with Crippen LogP contribution in [0.2, 0.25) is 0 Å². The van der Waals surface area contributed by atoms with E-state index in [1.165, 1.54) is 21.9 Å². The number of carbonyl (C=O) groups is 1. The molecule has 1 aliphatic rings. The quantitative estimate of drug-likeness (QED) is 0.248. The molecule has 1 aliphatic heterocycles. The number of thioether (sulfide) groups is 1. The number of ether oxygens (including phenoxy) is 1. The molecule has 4 aromatic rings. The van der Waals surface area contributed by atoms with E-state index in [1.54, 1.807) is 18.9 Å². The Morgan fingerprint density at radius 3 is 2.52 bits per heavy atom. The van der Waals surface area contributed by atoms with Crippen LogP contribution < -0.4 is 9.75 Å². The van der Waals surface area contributed by atoms with Gasteiger partial charge in [-0.15, -0.1) is 11.8 Å². The van der Waals surface area contributed by atoms with Crippen LogP contribution >= 0.6 is 23.1 Å². The van der Waals surface area contributed by atoms with Gasteiger partial charge < -0.3 is 4.74 Å². The molecule has 0 saturated heterocycles. The van der Waals surface area contributed by atoms with E-state index in [2.05, 4.69) is 36.2 Å². The van der Waals surface area contributed by atoms with Crippen molar-refractivity contribution in [2.45, 2.75) is 11.8 Å². The maximum Gasteiger partial charge on any atom is 0.282 e. The Kier molecular flexibility index (Phi) is 5.98. The molecule has 2 heterocycles. The topological polar surface area (TPSA) is 54.8 Å². The molecule has 1 amide bonds. The summed E-state index contributed by atoms with van der Waals surface area (Å²) in [7, 11) is 1.64. The van der Waals surface area contributed by atoms with Gasteiger partial charge in [0.05, 0.1) is 28.6 Å². The minimum absolute atomic E-state index is 0.163. The first-order valence-corrected chi connectivity index (χ1v) is 12.2. The summed E-state index contributed by atoms with van der Waals surface area (Å²) < 4.78 is 6.28. The summed E-state index contributed by atoms with van der Waals surface area (Å²) in [4.78, 5) is 19.2. The van der Waals surface area contributed by atoms with Crippen molar-refractivity contribution >= 4 is 56.1 Å². The maximum atomic E-state index is 13.5. The first-order chi connectivity index (χ1) is 16.1. The van der Waals surface area contributed by atoms with Crippen LogP contribution in [0.25, 0.3) is 16.3 Å². The number of para-hydroxylation sites is 1. The van der Waals surface area contributed by atoms with Crippen molar-refractivity contribution in [3.8, 4) is 5.75 Å². The molecule has 0 aliphatic carbocycles. The SMILES string of the molecule is COc1ccc(C=C2C(=O)N(c3nc4ccccc4s3)N=C2CSc2ccc(C)cc2)cc1. The molecule has 164 valence electrons. The lowest BCUT2D eigenvalue weighted by Gasteiger charge is -2.06. The molecule has 0 unspecified atom stereocenters. The largest absolute Gasteiger partial charge is 0.497 e. The lowest BCUT2D eigenvalue weighted by molar-refractivity contribution is -0.114. The number of hydrogen-bond donors (Lipinski definition) is 0. The van der Waals surface area contributed by atoms with Crippen LogP contribution in [-0.4, -0.2) is 29.5 Å². The summed E-state index contributed by atoms with van der Waals surface area (Å²) in [6, 6.07) is 23.9. The molecule has 5 rings (SSSR count). The number of aryl methyl sites for hydroxylation is 1. The highest BCUT2D eigenvalue weighted by Crippen LogP contribution is 2.34. The van der Waals surface area contributed by atoms with Crippen molar-refractivity contribution < 1.29 is 9.53 Å². The zero-order chi connectivity index (χ0) is 22.8. The third-order valence-electron chi connectivity index (χ3n) is 5.24. The third-order valence-corrected chi connectivity index (χ3v) is 7.28. The van der Waals surface area contributed by atoms with E-state index < -0.39 is 0 Å². The number of rotatable bonds is 6. The van der Waals surface area contributed by atoms with Crippen molar-refractivity contribution in [1.29, 1.82) is 0 Å². The fourth-order valence-electron chi connectivity index (χ4n) is 3.44. The van der Waals surface area contributed by atoms with Crippen LogP contribution in [0, 0.1) is 6.92 Å². The molecule has 33 heavy (non-hydrogen) atoms. The van der Waals surface area contributed by atoms with Gasteiger partial charge >= 0.3 is 0 Å². The fourth-order valence-corrected chi connectivity index (χ4v) is 5.20. The Bertz CT molecular complexity index is 1340. The van der Waals surface area contributed by atoms with Gasteiger partial charge in [-0.1, -0.05) is 53.3 Å². The lowest BCUT2D eigenvalue weighted by Crippen LogP contribution is -2.21. The molecule has 1 aromatic heterocycles. The highest BCUT2D eigenvalue weighted by atomic mass is 32.2. The number of methoxy groups -OCH3 is 1. The second kappa shape index (κ2) is 9.21. The Hall–Kier alpha value is -3.42. The number of anilines is 1. The van der Waals surface area contributed by atoms with Crippen molar-refractivity contribution in [3.05, 3.63) is 89.5 Å². The molecule has 0 fully saturated rings. The molecule has 0 radical (unpaired) electrons. The molecule has 0 bridgehead atoms. The normalized spacial score (nSPS) is 14.8. The Balaban J connectivity index is 1.49. The van der Waals surface area contributed by atoms with Crippen molar-refractivity contribution in [2.75, 3.05) is 17.9 Å². The molecule has 0 atom stereocenters. The van der Waals surface area contributed by atoms with Gasteiger partial charge in [0.1, 0.15) is 5.75 Å². The van der Waals surface area contributed by atoms with Crippen LogP contribution in [0.1, 0.15) is 11.1 Å². The monoisotopic (exact) mass is 471 g/mol. The Morgan fingerprint density at radius 2 is 1.79 bits per heavy atom. The van der Waals surface area contributed by atoms with Crippen LogP contribution in [0.15, 0.2) is 88.4 Å². The Morgan fingerprint density at radius 1 is 1.03 bits per heavy atom. The van der Waals surface area contributed by atoms with E-state index in [0.717, 1.165) is 32.1 Å². The van der Waals surface area contributed by atoms with Gasteiger partial charge in [0.2, 0.25) is 5.13 Å². The average molecular weight is 472 g/mol. The van der Waals surface area contributed by atoms with E-state index in [9.17, 15) is 4.79 Å². The van der Waals surface area contributed by atoms with Gasteiger partial charge in [-0.2, -0.15) is 10.1 Å². The van der Waals surface area contributed by atoms with Gasteiger partial charge in [0.15, 0.2) is 0 Å². The van der Waals surface area contributed by atoms with Crippen molar-refractivity contribution in [2.24, 2.45) is 5.10 Å². The lowest BCUT2D eigenvalue weighted by atomic mass is 10.1. The number of aromatic nitrogens is 1. The number of amides is 1. The van der Waals surface area contributed by atoms with Gasteiger partial charge in [-0.05, 0) is 55.0 Å². The minimum Gasteiger partial charge on any atom is -0.497 e. The average Bonchev–Trinajstić information content (AvgIpc) is 3.40. The van der Waals surface area contributed by atoms with Crippen LogP contribution in [-0.2, 0) is 4.79 Å². The number of carbonyl (C=O) groups excluding carboxylic acids is 1. The molecule has 0 saturated carbocycles. The summed E-state index contributed by atoms with van der Waals surface area (Å²) in [6.07, 6.45) is 1.89. The molecule has 3 aromatic carbocycles. The van der Waals surface area contributed by atoms with Gasteiger partial charge in [-0.3, -0.25) is 4.79 Å². The van der Waals surface area contributed by atoms with Crippen molar-refractivity contribution in [3.63, 3.8) is 0 Å². The second-order valence-electron chi connectivity index (χ2n) is 7.56. The van der Waals surface area contributed by atoms with Crippen LogP contribution in [0.5, 0.6) is 5.75 Å². The number of thiazole rings is 1. The number of nitrogens with zero attached hydrogens (tertiary/aromatic N) is 3. The molecule has 0 spiro atoms. The minimum atomic E-state index is -0.163. The van der Waals surface area contributed by atoms with Crippen molar-refractivity contribution in [1.82, 2.24) is 4.98 Å². The summed E-state index contributed by atoms with van der Waals surface area (Å²) in [5.74, 6) is 1.19. The number of fused-ring (bicyclic) bond motifs is 1. The second-order valence-corrected chi connectivity index (χ2v) is 9.62. The highest BCUT2D eigenvalue weighted by Gasteiger charge is 2.33. The summed E-state index contributed by atoms with van der Waals surface area (Å²) >= 11 is 3.13.